The molecule has 188 valence electrons. The molecule has 0 fully saturated rings. The molecule has 0 aliphatic heterocycles. The van der Waals surface area contributed by atoms with Gasteiger partial charge in [0.1, 0.15) is 17.8 Å². The summed E-state index contributed by atoms with van der Waals surface area (Å²) in [5.41, 5.74) is 2.12. The normalized spacial score (nSPS) is 12.4. The summed E-state index contributed by atoms with van der Waals surface area (Å²) in [6.45, 7) is 5.83. The van der Waals surface area contributed by atoms with Crippen molar-refractivity contribution >= 4 is 28.5 Å². The van der Waals surface area contributed by atoms with Crippen LogP contribution in [0.4, 0.5) is 5.69 Å². The van der Waals surface area contributed by atoms with Crippen molar-refractivity contribution < 1.29 is 14.3 Å². The van der Waals surface area contributed by atoms with Gasteiger partial charge < -0.3 is 14.6 Å². The number of hydrogen-bond donors (Lipinski definition) is 1. The number of hydrogen-bond acceptors (Lipinski definition) is 5. The van der Waals surface area contributed by atoms with Crippen LogP contribution in [0.2, 0.25) is 0 Å². The molecule has 36 heavy (non-hydrogen) atoms. The minimum Gasteiger partial charge on any atom is -0.495 e. The monoisotopic (exact) mass is 488 g/mol. The van der Waals surface area contributed by atoms with E-state index in [-0.39, 0.29) is 18.4 Å². The molecule has 9 nitrogen and oxygen atoms in total. The van der Waals surface area contributed by atoms with Crippen LogP contribution in [0.3, 0.4) is 0 Å². The first kappa shape index (κ1) is 25.0. The van der Waals surface area contributed by atoms with Gasteiger partial charge in [-0.1, -0.05) is 36.4 Å². The topological polar surface area (TPSA) is 94.3 Å². The molecule has 2 aromatic carbocycles. The predicted molar refractivity (Wildman–Crippen MR) is 139 cm³/mol. The quantitative estimate of drug-likeness (QED) is 0.386. The zero-order chi connectivity index (χ0) is 25.9. The third-order valence-corrected chi connectivity index (χ3v) is 6.43. The average molecular weight is 489 g/mol. The Morgan fingerprint density at radius 2 is 1.81 bits per heavy atom. The van der Waals surface area contributed by atoms with Crippen molar-refractivity contribution in [2.45, 2.75) is 45.3 Å². The van der Waals surface area contributed by atoms with Gasteiger partial charge in [0.05, 0.1) is 24.0 Å². The standard InChI is InChI=1S/C27H32N6O3/c1-6-27(2,3)28-26(35)25(22-15-11-17-31(22)4)33(21-14-9-10-16-23(21)36-5)24(34)18-32-20-13-8-7-12-19(20)29-30-32/h7-17,25H,6,18H2,1-5H3,(H,28,35)/t25-/m1/s1. The van der Waals surface area contributed by atoms with E-state index in [0.29, 0.717) is 22.6 Å². The van der Waals surface area contributed by atoms with Crippen LogP contribution in [-0.2, 0) is 23.2 Å². The highest BCUT2D eigenvalue weighted by Crippen LogP contribution is 2.35. The van der Waals surface area contributed by atoms with Crippen molar-refractivity contribution in [1.82, 2.24) is 24.9 Å². The van der Waals surface area contributed by atoms with E-state index in [4.69, 9.17) is 4.74 Å². The summed E-state index contributed by atoms with van der Waals surface area (Å²) in [4.78, 5) is 29.5. The molecule has 2 heterocycles. The van der Waals surface area contributed by atoms with E-state index in [1.807, 2.05) is 87.1 Å². The maximum atomic E-state index is 14.1. The largest absolute Gasteiger partial charge is 0.495 e. The highest BCUT2D eigenvalue weighted by atomic mass is 16.5. The first-order valence-corrected chi connectivity index (χ1v) is 11.9. The molecule has 4 aromatic rings. The van der Waals surface area contributed by atoms with Crippen LogP contribution >= 0.6 is 0 Å². The Balaban J connectivity index is 1.85. The fourth-order valence-corrected chi connectivity index (χ4v) is 4.12. The molecule has 0 saturated heterocycles. The van der Waals surface area contributed by atoms with E-state index in [2.05, 4.69) is 15.6 Å². The minimum atomic E-state index is -0.950. The Hall–Kier alpha value is -4.14. The lowest BCUT2D eigenvalue weighted by molar-refractivity contribution is -0.128. The smallest absolute Gasteiger partial charge is 0.249 e. The van der Waals surface area contributed by atoms with Gasteiger partial charge in [0.25, 0.3) is 0 Å². The van der Waals surface area contributed by atoms with Crippen molar-refractivity contribution in [1.29, 1.82) is 0 Å². The number of para-hydroxylation sites is 3. The lowest BCUT2D eigenvalue weighted by atomic mass is 10.00. The van der Waals surface area contributed by atoms with Crippen LogP contribution in [-0.4, -0.2) is 44.0 Å². The van der Waals surface area contributed by atoms with Crippen molar-refractivity contribution in [2.24, 2.45) is 7.05 Å². The van der Waals surface area contributed by atoms with Gasteiger partial charge in [-0.3, -0.25) is 14.5 Å². The summed E-state index contributed by atoms with van der Waals surface area (Å²) in [7, 11) is 3.40. The number of rotatable bonds is 9. The minimum absolute atomic E-state index is 0.107. The number of carbonyl (C=O) groups excluding carboxylic acids is 2. The number of anilines is 1. The predicted octanol–water partition coefficient (Wildman–Crippen LogP) is 3.86. The number of carbonyl (C=O) groups is 2. The lowest BCUT2D eigenvalue weighted by Crippen LogP contribution is -2.51. The third kappa shape index (κ3) is 4.95. The van der Waals surface area contributed by atoms with E-state index in [1.165, 1.54) is 4.90 Å². The van der Waals surface area contributed by atoms with Gasteiger partial charge in [0, 0.05) is 18.8 Å². The first-order chi connectivity index (χ1) is 17.3. The van der Waals surface area contributed by atoms with E-state index in [9.17, 15) is 9.59 Å². The Bertz CT molecular complexity index is 1370. The van der Waals surface area contributed by atoms with Gasteiger partial charge in [0.15, 0.2) is 6.04 Å². The molecule has 0 unspecified atom stereocenters. The molecule has 2 aromatic heterocycles. The Morgan fingerprint density at radius 3 is 2.50 bits per heavy atom. The number of amides is 2. The fourth-order valence-electron chi connectivity index (χ4n) is 4.12. The average Bonchev–Trinajstić information content (AvgIpc) is 3.48. The molecule has 0 aliphatic rings. The van der Waals surface area contributed by atoms with Crippen LogP contribution in [0.1, 0.15) is 38.9 Å². The Labute approximate surface area is 210 Å². The Morgan fingerprint density at radius 1 is 1.08 bits per heavy atom. The number of aromatic nitrogens is 4. The van der Waals surface area contributed by atoms with Gasteiger partial charge in [-0.2, -0.15) is 0 Å². The first-order valence-electron chi connectivity index (χ1n) is 11.9. The van der Waals surface area contributed by atoms with E-state index in [0.717, 1.165) is 11.9 Å². The molecule has 0 bridgehead atoms. The molecule has 9 heteroatoms. The highest BCUT2D eigenvalue weighted by molar-refractivity contribution is 6.02. The van der Waals surface area contributed by atoms with Gasteiger partial charge in [0.2, 0.25) is 11.8 Å². The molecule has 1 atom stereocenters. The van der Waals surface area contributed by atoms with E-state index in [1.54, 1.807) is 23.9 Å². The summed E-state index contributed by atoms with van der Waals surface area (Å²) in [5.74, 6) is -0.131. The second kappa shape index (κ2) is 10.2. The van der Waals surface area contributed by atoms with Gasteiger partial charge in [-0.25, -0.2) is 4.68 Å². The second-order valence-electron chi connectivity index (χ2n) is 9.34. The number of ether oxygens (including phenoxy) is 1. The summed E-state index contributed by atoms with van der Waals surface area (Å²) >= 11 is 0. The molecule has 4 rings (SSSR count). The summed E-state index contributed by atoms with van der Waals surface area (Å²) in [6, 6.07) is 17.4. The molecule has 2 amide bonds. The molecule has 0 saturated carbocycles. The zero-order valence-electron chi connectivity index (χ0n) is 21.3. The number of nitrogens with zero attached hydrogens (tertiary/aromatic N) is 5. The van der Waals surface area contributed by atoms with E-state index < -0.39 is 11.6 Å². The molecule has 1 N–H and O–H groups in total. The fraction of sp³-hybridized carbons (Fsp3) is 0.333. The van der Waals surface area contributed by atoms with Gasteiger partial charge >= 0.3 is 0 Å². The molecule has 0 spiro atoms. The summed E-state index contributed by atoms with van der Waals surface area (Å²) in [6.07, 6.45) is 2.59. The third-order valence-electron chi connectivity index (χ3n) is 6.43. The number of benzene rings is 2. The number of aryl methyl sites for hydroxylation is 1. The maximum absolute atomic E-state index is 14.1. The van der Waals surface area contributed by atoms with Crippen molar-refractivity contribution in [3.8, 4) is 5.75 Å². The van der Waals surface area contributed by atoms with Crippen LogP contribution < -0.4 is 15.0 Å². The molecular weight excluding hydrogens is 456 g/mol. The molecule has 0 aliphatic carbocycles. The van der Waals surface area contributed by atoms with Crippen molar-refractivity contribution in [3.05, 3.63) is 72.6 Å². The molecule has 0 radical (unpaired) electrons. The van der Waals surface area contributed by atoms with Gasteiger partial charge in [-0.15, -0.1) is 5.10 Å². The number of methoxy groups -OCH3 is 1. The Kier molecular flexibility index (Phi) is 7.10. The maximum Gasteiger partial charge on any atom is 0.249 e. The van der Waals surface area contributed by atoms with E-state index >= 15 is 0 Å². The van der Waals surface area contributed by atoms with Crippen LogP contribution in [0.25, 0.3) is 11.0 Å². The molecular formula is C27H32N6O3. The van der Waals surface area contributed by atoms with Crippen LogP contribution in [0, 0.1) is 0 Å². The number of nitrogens with one attached hydrogen (secondary N) is 1. The zero-order valence-corrected chi connectivity index (χ0v) is 21.3. The summed E-state index contributed by atoms with van der Waals surface area (Å²) in [5, 5.41) is 11.5. The van der Waals surface area contributed by atoms with Crippen molar-refractivity contribution in [3.63, 3.8) is 0 Å². The van der Waals surface area contributed by atoms with Gasteiger partial charge in [-0.05, 0) is 56.7 Å². The van der Waals surface area contributed by atoms with Crippen LogP contribution in [0.15, 0.2) is 66.9 Å². The number of fused-ring (bicyclic) bond motifs is 1. The van der Waals surface area contributed by atoms with Crippen LogP contribution in [0.5, 0.6) is 5.75 Å². The summed E-state index contributed by atoms with van der Waals surface area (Å²) < 4.78 is 9.02. The highest BCUT2D eigenvalue weighted by Gasteiger charge is 2.37. The van der Waals surface area contributed by atoms with Crippen molar-refractivity contribution in [2.75, 3.05) is 12.0 Å². The SMILES string of the molecule is CCC(C)(C)NC(=O)[C@@H](c1cccn1C)N(C(=O)Cn1nnc2ccccc21)c1ccccc1OC. The second-order valence-corrected chi connectivity index (χ2v) is 9.34. The lowest BCUT2D eigenvalue weighted by Gasteiger charge is -2.35.